The fourth-order valence-electron chi connectivity index (χ4n) is 2.09. The molecule has 21 heavy (non-hydrogen) atoms. The van der Waals surface area contributed by atoms with Gasteiger partial charge in [-0.3, -0.25) is 0 Å². The lowest BCUT2D eigenvalue weighted by molar-refractivity contribution is 0.497. The fraction of sp³-hybridized carbons (Fsp3) is 0.467. The van der Waals surface area contributed by atoms with Gasteiger partial charge in [-0.15, -0.1) is 0 Å². The predicted octanol–water partition coefficient (Wildman–Crippen LogP) is 2.83. The number of aromatic nitrogens is 2. The van der Waals surface area contributed by atoms with Crippen molar-refractivity contribution in [3.63, 3.8) is 0 Å². The molecule has 0 saturated heterocycles. The van der Waals surface area contributed by atoms with Crippen LogP contribution in [-0.2, 0) is 6.42 Å². The molecule has 1 atom stereocenters. The van der Waals surface area contributed by atoms with E-state index in [0.29, 0.717) is 5.82 Å². The van der Waals surface area contributed by atoms with E-state index in [-0.39, 0.29) is 12.0 Å². The van der Waals surface area contributed by atoms with Crippen LogP contribution in [0.5, 0.6) is 0 Å². The van der Waals surface area contributed by atoms with Crippen LogP contribution in [0.4, 0.5) is 11.6 Å². The molecular weight excluding hydrogens is 266 g/mol. The first-order valence-electron chi connectivity index (χ1n) is 7.15. The van der Waals surface area contributed by atoms with Crippen LogP contribution in [0.3, 0.4) is 0 Å². The van der Waals surface area contributed by atoms with Gasteiger partial charge in [0.15, 0.2) is 0 Å². The summed E-state index contributed by atoms with van der Waals surface area (Å²) in [4.78, 5) is 9.03. The van der Waals surface area contributed by atoms with E-state index in [9.17, 15) is 0 Å². The highest BCUT2D eigenvalue weighted by atomic mass is 16.3. The lowest BCUT2D eigenvalue weighted by atomic mass is 10.1. The molecule has 6 nitrogen and oxygen atoms in total. The minimum atomic E-state index is 0.190. The molecule has 0 aliphatic heterocycles. The molecule has 0 aliphatic rings. The highest BCUT2D eigenvalue weighted by Gasteiger charge is 2.15. The van der Waals surface area contributed by atoms with E-state index in [0.717, 1.165) is 29.4 Å². The maximum Gasteiger partial charge on any atom is 0.148 e. The Bertz CT molecular complexity index is 580. The average molecular weight is 289 g/mol. The number of anilines is 2. The standard InChI is InChI=1S/C15H23N5O/c1-9(2)13-18-14(11(4)15(19-13)20-16)17-10(3)8-12-6-5-7-21-12/h5-7,9-10H,8,16H2,1-4H3,(H2,17,18,19,20). The summed E-state index contributed by atoms with van der Waals surface area (Å²) in [5.41, 5.74) is 3.55. The van der Waals surface area contributed by atoms with Crippen LogP contribution in [0.1, 0.15) is 43.8 Å². The highest BCUT2D eigenvalue weighted by molar-refractivity contribution is 5.57. The molecule has 0 bridgehead atoms. The van der Waals surface area contributed by atoms with E-state index in [4.69, 9.17) is 10.3 Å². The molecule has 0 aromatic carbocycles. The van der Waals surface area contributed by atoms with Crippen LogP contribution in [0.25, 0.3) is 0 Å². The summed E-state index contributed by atoms with van der Waals surface area (Å²) in [7, 11) is 0. The maximum absolute atomic E-state index is 5.55. The molecule has 0 radical (unpaired) electrons. The topological polar surface area (TPSA) is 89.0 Å². The first-order chi connectivity index (χ1) is 10.0. The summed E-state index contributed by atoms with van der Waals surface area (Å²) in [5, 5.41) is 3.41. The third-order valence-corrected chi connectivity index (χ3v) is 3.29. The molecule has 0 fully saturated rings. The third-order valence-electron chi connectivity index (χ3n) is 3.29. The van der Waals surface area contributed by atoms with Crippen LogP contribution < -0.4 is 16.6 Å². The second-order valence-corrected chi connectivity index (χ2v) is 5.53. The monoisotopic (exact) mass is 289 g/mol. The molecule has 2 aromatic rings. The van der Waals surface area contributed by atoms with E-state index in [1.54, 1.807) is 6.26 Å². The second-order valence-electron chi connectivity index (χ2n) is 5.53. The van der Waals surface area contributed by atoms with E-state index < -0.39 is 0 Å². The van der Waals surface area contributed by atoms with Crippen molar-refractivity contribution in [2.24, 2.45) is 5.84 Å². The largest absolute Gasteiger partial charge is 0.469 e. The summed E-state index contributed by atoms with van der Waals surface area (Å²) >= 11 is 0. The van der Waals surface area contributed by atoms with Gasteiger partial charge in [-0.1, -0.05) is 13.8 Å². The first kappa shape index (κ1) is 15.3. The molecular formula is C15H23N5O. The minimum Gasteiger partial charge on any atom is -0.469 e. The normalized spacial score (nSPS) is 12.5. The van der Waals surface area contributed by atoms with Gasteiger partial charge < -0.3 is 15.2 Å². The number of furan rings is 1. The van der Waals surface area contributed by atoms with Crippen molar-refractivity contribution < 1.29 is 4.42 Å². The molecule has 4 N–H and O–H groups in total. The van der Waals surface area contributed by atoms with Crippen LogP contribution in [0.15, 0.2) is 22.8 Å². The Kier molecular flexibility index (Phi) is 4.80. The van der Waals surface area contributed by atoms with Gasteiger partial charge in [-0.25, -0.2) is 15.8 Å². The van der Waals surface area contributed by atoms with Crippen molar-refractivity contribution in [1.29, 1.82) is 0 Å². The van der Waals surface area contributed by atoms with Crippen molar-refractivity contribution in [1.82, 2.24) is 9.97 Å². The van der Waals surface area contributed by atoms with Crippen LogP contribution >= 0.6 is 0 Å². The van der Waals surface area contributed by atoms with Gasteiger partial charge in [-0.05, 0) is 26.0 Å². The number of rotatable bonds is 6. The van der Waals surface area contributed by atoms with Gasteiger partial charge in [-0.2, -0.15) is 0 Å². The Labute approximate surface area is 125 Å². The van der Waals surface area contributed by atoms with Crippen LogP contribution in [0, 0.1) is 6.92 Å². The molecule has 6 heteroatoms. The van der Waals surface area contributed by atoms with Gasteiger partial charge in [0, 0.05) is 23.9 Å². The molecule has 0 spiro atoms. The number of nitrogens with two attached hydrogens (primary N) is 1. The zero-order valence-electron chi connectivity index (χ0n) is 13.0. The molecule has 2 rings (SSSR count). The fourth-order valence-corrected chi connectivity index (χ4v) is 2.09. The van der Waals surface area contributed by atoms with Crippen molar-refractivity contribution in [3.05, 3.63) is 35.5 Å². The number of hydrogen-bond donors (Lipinski definition) is 3. The van der Waals surface area contributed by atoms with Crippen LogP contribution in [0.2, 0.25) is 0 Å². The highest BCUT2D eigenvalue weighted by Crippen LogP contribution is 2.23. The molecule has 0 aliphatic carbocycles. The van der Waals surface area contributed by atoms with Gasteiger partial charge in [0.25, 0.3) is 0 Å². The lowest BCUT2D eigenvalue weighted by Crippen LogP contribution is -2.22. The number of nitrogens with zero attached hydrogens (tertiary/aromatic N) is 2. The van der Waals surface area contributed by atoms with Gasteiger partial charge >= 0.3 is 0 Å². The molecule has 114 valence electrons. The van der Waals surface area contributed by atoms with E-state index in [1.807, 2.05) is 19.1 Å². The van der Waals surface area contributed by atoms with E-state index in [2.05, 4.69) is 41.5 Å². The third kappa shape index (κ3) is 3.72. The predicted molar refractivity (Wildman–Crippen MR) is 84.2 cm³/mol. The van der Waals surface area contributed by atoms with Crippen molar-refractivity contribution in [2.45, 2.75) is 46.1 Å². The summed E-state index contributed by atoms with van der Waals surface area (Å²) in [6.45, 7) is 8.15. The van der Waals surface area contributed by atoms with Gasteiger partial charge in [0.2, 0.25) is 0 Å². The summed E-state index contributed by atoms with van der Waals surface area (Å²) < 4.78 is 5.37. The second kappa shape index (κ2) is 6.58. The van der Waals surface area contributed by atoms with Gasteiger partial charge in [0.05, 0.1) is 6.26 Å². The molecule has 2 heterocycles. The number of nitrogen functional groups attached to an aromatic ring is 1. The average Bonchev–Trinajstić information content (AvgIpc) is 2.93. The van der Waals surface area contributed by atoms with Gasteiger partial charge in [0.1, 0.15) is 23.2 Å². The van der Waals surface area contributed by atoms with E-state index in [1.165, 1.54) is 0 Å². The Morgan fingerprint density at radius 2 is 1.95 bits per heavy atom. The lowest BCUT2D eigenvalue weighted by Gasteiger charge is -2.18. The molecule has 0 amide bonds. The van der Waals surface area contributed by atoms with Crippen molar-refractivity contribution in [3.8, 4) is 0 Å². The van der Waals surface area contributed by atoms with Crippen molar-refractivity contribution in [2.75, 3.05) is 10.7 Å². The SMILES string of the molecule is Cc1c(NN)nc(C(C)C)nc1NC(C)Cc1ccco1. The summed E-state index contributed by atoms with van der Waals surface area (Å²) in [6.07, 6.45) is 2.48. The zero-order valence-corrected chi connectivity index (χ0v) is 13.0. The Hall–Kier alpha value is -2.08. The summed E-state index contributed by atoms with van der Waals surface area (Å²) in [5.74, 6) is 8.95. The number of hydrazine groups is 1. The Balaban J connectivity index is 2.19. The Morgan fingerprint density at radius 3 is 2.52 bits per heavy atom. The van der Waals surface area contributed by atoms with Crippen LogP contribution in [-0.4, -0.2) is 16.0 Å². The quantitative estimate of drug-likeness (QED) is 0.560. The maximum atomic E-state index is 5.55. The Morgan fingerprint density at radius 1 is 1.24 bits per heavy atom. The molecule has 1 unspecified atom stereocenters. The number of hydrogen-bond acceptors (Lipinski definition) is 6. The molecule has 2 aromatic heterocycles. The first-order valence-corrected chi connectivity index (χ1v) is 7.15. The smallest absolute Gasteiger partial charge is 0.148 e. The zero-order chi connectivity index (χ0) is 15.4. The summed E-state index contributed by atoms with van der Waals surface area (Å²) in [6, 6.07) is 4.05. The number of nitrogens with one attached hydrogen (secondary N) is 2. The minimum absolute atomic E-state index is 0.190. The molecule has 0 saturated carbocycles. The van der Waals surface area contributed by atoms with Crippen molar-refractivity contribution >= 4 is 11.6 Å². The van der Waals surface area contributed by atoms with E-state index >= 15 is 0 Å².